The molecule has 5 heteroatoms. The van der Waals surface area contributed by atoms with Crippen molar-refractivity contribution in [1.82, 2.24) is 4.57 Å². The van der Waals surface area contributed by atoms with Gasteiger partial charge in [-0.3, -0.25) is 9.36 Å². The number of rotatable bonds is 3. The Labute approximate surface area is 125 Å². The second-order valence-corrected chi connectivity index (χ2v) is 5.71. The van der Waals surface area contributed by atoms with E-state index in [0.717, 1.165) is 27.1 Å². The number of aromatic nitrogens is 1. The van der Waals surface area contributed by atoms with E-state index >= 15 is 0 Å². The fourth-order valence-electron chi connectivity index (χ4n) is 2.14. The van der Waals surface area contributed by atoms with Gasteiger partial charge in [0.2, 0.25) is 0 Å². The van der Waals surface area contributed by atoms with E-state index in [1.807, 2.05) is 43.3 Å². The first-order valence-electron chi connectivity index (χ1n) is 6.49. The van der Waals surface area contributed by atoms with E-state index in [1.165, 1.54) is 4.57 Å². The molecule has 0 saturated heterocycles. The number of aryl methyl sites for hydroxylation is 1. The molecule has 0 saturated carbocycles. The molecule has 0 amide bonds. The topological polar surface area (TPSA) is 48.3 Å². The molecular weight excluding hydrogens is 286 g/mol. The van der Waals surface area contributed by atoms with E-state index in [0.29, 0.717) is 5.75 Å². The first kappa shape index (κ1) is 13.6. The minimum absolute atomic E-state index is 0.0865. The first-order chi connectivity index (χ1) is 10.1. The van der Waals surface area contributed by atoms with Crippen LogP contribution in [0.15, 0.2) is 53.3 Å². The highest BCUT2D eigenvalue weighted by atomic mass is 32.1. The molecule has 106 valence electrons. The molecule has 3 rings (SSSR count). The Kier molecular flexibility index (Phi) is 3.58. The molecule has 21 heavy (non-hydrogen) atoms. The third-order valence-electron chi connectivity index (χ3n) is 3.08. The first-order valence-corrected chi connectivity index (χ1v) is 7.31. The summed E-state index contributed by atoms with van der Waals surface area (Å²) < 4.78 is 7.59. The van der Waals surface area contributed by atoms with E-state index in [1.54, 1.807) is 12.1 Å². The average Bonchev–Trinajstić information content (AvgIpc) is 2.75. The normalized spacial score (nSPS) is 10.7. The van der Waals surface area contributed by atoms with Crippen LogP contribution in [-0.2, 0) is 11.3 Å². The smallest absolute Gasteiger partial charge is 0.331 e. The van der Waals surface area contributed by atoms with Gasteiger partial charge in [0.05, 0.1) is 10.2 Å². The van der Waals surface area contributed by atoms with Gasteiger partial charge in [0, 0.05) is 0 Å². The largest absolute Gasteiger partial charge is 0.425 e. The molecular formula is C16H13NO3S. The Morgan fingerprint density at radius 3 is 2.81 bits per heavy atom. The molecule has 4 nitrogen and oxygen atoms in total. The highest BCUT2D eigenvalue weighted by molar-refractivity contribution is 7.16. The van der Waals surface area contributed by atoms with Crippen molar-refractivity contribution < 1.29 is 9.53 Å². The van der Waals surface area contributed by atoms with Crippen molar-refractivity contribution in [2.45, 2.75) is 13.5 Å². The van der Waals surface area contributed by atoms with E-state index in [4.69, 9.17) is 4.74 Å². The van der Waals surface area contributed by atoms with Crippen LogP contribution in [-0.4, -0.2) is 10.5 Å². The van der Waals surface area contributed by atoms with Crippen LogP contribution in [0.25, 0.3) is 10.2 Å². The summed E-state index contributed by atoms with van der Waals surface area (Å²) in [6.45, 7) is 1.84. The fourth-order valence-corrected chi connectivity index (χ4v) is 3.03. The summed E-state index contributed by atoms with van der Waals surface area (Å²) in [6, 6.07) is 14.7. The molecule has 1 heterocycles. The molecule has 0 spiro atoms. The number of carbonyl (C=O) groups is 1. The monoisotopic (exact) mass is 299 g/mol. The standard InChI is InChI=1S/C16H13NO3S/c1-11-5-4-6-12(9-11)20-15(18)10-17-13-7-2-3-8-14(13)21-16(17)19/h2-9H,10H2,1H3. The molecule has 0 atom stereocenters. The molecule has 3 aromatic rings. The van der Waals surface area contributed by atoms with Crippen molar-refractivity contribution >= 4 is 27.5 Å². The lowest BCUT2D eigenvalue weighted by atomic mass is 10.2. The Balaban J connectivity index is 1.84. The number of carbonyl (C=O) groups excluding carboxylic acids is 1. The Morgan fingerprint density at radius 1 is 1.19 bits per heavy atom. The maximum absolute atomic E-state index is 12.0. The molecule has 0 aliphatic rings. The summed E-state index contributed by atoms with van der Waals surface area (Å²) in [5.41, 5.74) is 1.77. The van der Waals surface area contributed by atoms with Crippen LogP contribution in [0.1, 0.15) is 5.56 Å². The van der Waals surface area contributed by atoms with Crippen LogP contribution in [0.2, 0.25) is 0 Å². The van der Waals surface area contributed by atoms with Crippen LogP contribution < -0.4 is 9.61 Å². The minimum atomic E-state index is -0.453. The Bertz CT molecular complexity index is 863. The van der Waals surface area contributed by atoms with Crippen LogP contribution in [0.5, 0.6) is 5.75 Å². The van der Waals surface area contributed by atoms with Crippen molar-refractivity contribution in [3.63, 3.8) is 0 Å². The van der Waals surface area contributed by atoms with E-state index in [2.05, 4.69) is 0 Å². The Hall–Kier alpha value is -2.40. The second kappa shape index (κ2) is 5.54. The molecule has 0 aliphatic carbocycles. The predicted octanol–water partition coefficient (Wildman–Crippen LogP) is 2.98. The molecule has 1 aromatic heterocycles. The lowest BCUT2D eigenvalue weighted by molar-refractivity contribution is -0.135. The van der Waals surface area contributed by atoms with Gasteiger partial charge in [-0.05, 0) is 36.8 Å². The SMILES string of the molecule is Cc1cccc(OC(=O)Cn2c(=O)sc3ccccc32)c1. The van der Waals surface area contributed by atoms with E-state index in [9.17, 15) is 9.59 Å². The number of nitrogens with zero attached hydrogens (tertiary/aromatic N) is 1. The van der Waals surface area contributed by atoms with Gasteiger partial charge in [-0.15, -0.1) is 0 Å². The maximum atomic E-state index is 12.0. The second-order valence-electron chi connectivity index (χ2n) is 4.71. The summed E-state index contributed by atoms with van der Waals surface area (Å²) in [5, 5.41) is 0. The zero-order valence-corrected chi connectivity index (χ0v) is 12.2. The lowest BCUT2D eigenvalue weighted by Gasteiger charge is -2.06. The zero-order valence-electron chi connectivity index (χ0n) is 11.4. The van der Waals surface area contributed by atoms with Crippen molar-refractivity contribution in [2.75, 3.05) is 0 Å². The zero-order chi connectivity index (χ0) is 14.8. The minimum Gasteiger partial charge on any atom is -0.425 e. The van der Waals surface area contributed by atoms with E-state index in [-0.39, 0.29) is 11.4 Å². The quantitative estimate of drug-likeness (QED) is 0.552. The number of benzene rings is 2. The van der Waals surface area contributed by atoms with Gasteiger partial charge in [-0.2, -0.15) is 0 Å². The number of hydrogen-bond acceptors (Lipinski definition) is 4. The highest BCUT2D eigenvalue weighted by Gasteiger charge is 2.12. The van der Waals surface area contributed by atoms with Gasteiger partial charge in [0.1, 0.15) is 12.3 Å². The Morgan fingerprint density at radius 2 is 2.00 bits per heavy atom. The van der Waals surface area contributed by atoms with Gasteiger partial charge in [0.25, 0.3) is 0 Å². The maximum Gasteiger partial charge on any atom is 0.331 e. The number of esters is 1. The van der Waals surface area contributed by atoms with Crippen LogP contribution in [0, 0.1) is 6.92 Å². The van der Waals surface area contributed by atoms with Crippen molar-refractivity contribution in [1.29, 1.82) is 0 Å². The fraction of sp³-hybridized carbons (Fsp3) is 0.125. The summed E-state index contributed by atoms with van der Waals surface area (Å²) in [7, 11) is 0. The summed E-state index contributed by atoms with van der Waals surface area (Å²) in [5.74, 6) is 0.0406. The number of fused-ring (bicyclic) bond motifs is 1. The number of hydrogen-bond donors (Lipinski definition) is 0. The summed E-state index contributed by atoms with van der Waals surface area (Å²) >= 11 is 1.13. The molecule has 0 fully saturated rings. The molecule has 0 aliphatic heterocycles. The molecule has 2 aromatic carbocycles. The molecule has 0 bridgehead atoms. The summed E-state index contributed by atoms with van der Waals surface area (Å²) in [6.07, 6.45) is 0. The van der Waals surface area contributed by atoms with Gasteiger partial charge >= 0.3 is 10.8 Å². The lowest BCUT2D eigenvalue weighted by Crippen LogP contribution is -2.22. The van der Waals surface area contributed by atoms with Crippen LogP contribution >= 0.6 is 11.3 Å². The number of thiazole rings is 1. The van der Waals surface area contributed by atoms with Crippen LogP contribution in [0.4, 0.5) is 0 Å². The predicted molar refractivity (Wildman–Crippen MR) is 82.9 cm³/mol. The third kappa shape index (κ3) is 2.87. The number of para-hydroxylation sites is 1. The molecule has 0 unspecified atom stereocenters. The van der Waals surface area contributed by atoms with Crippen molar-refractivity contribution in [3.05, 3.63) is 63.8 Å². The van der Waals surface area contributed by atoms with E-state index < -0.39 is 5.97 Å². The van der Waals surface area contributed by atoms with Crippen LogP contribution in [0.3, 0.4) is 0 Å². The van der Waals surface area contributed by atoms with Gasteiger partial charge < -0.3 is 4.74 Å². The van der Waals surface area contributed by atoms with Gasteiger partial charge in [0.15, 0.2) is 0 Å². The number of ether oxygens (including phenoxy) is 1. The van der Waals surface area contributed by atoms with Crippen molar-refractivity contribution in [2.24, 2.45) is 0 Å². The van der Waals surface area contributed by atoms with Gasteiger partial charge in [-0.1, -0.05) is 35.6 Å². The molecule has 0 radical (unpaired) electrons. The van der Waals surface area contributed by atoms with Gasteiger partial charge in [-0.25, -0.2) is 4.79 Å². The molecule has 0 N–H and O–H groups in total. The third-order valence-corrected chi connectivity index (χ3v) is 4.04. The summed E-state index contributed by atoms with van der Waals surface area (Å²) in [4.78, 5) is 23.8. The average molecular weight is 299 g/mol. The van der Waals surface area contributed by atoms with Crippen molar-refractivity contribution in [3.8, 4) is 5.75 Å². The highest BCUT2D eigenvalue weighted by Crippen LogP contribution is 2.17.